The maximum atomic E-state index is 13.2. The van der Waals surface area contributed by atoms with E-state index in [1.54, 1.807) is 12.3 Å². The van der Waals surface area contributed by atoms with Gasteiger partial charge in [0.1, 0.15) is 5.82 Å². The van der Waals surface area contributed by atoms with Gasteiger partial charge in [0.15, 0.2) is 0 Å². The quantitative estimate of drug-likeness (QED) is 0.861. The SMILES string of the molecule is CCC(NC(C)c1cncc(F)c1)C1CCCCC1. The summed E-state index contributed by atoms with van der Waals surface area (Å²) in [7, 11) is 0. The Kier molecular flexibility index (Phi) is 5.32. The van der Waals surface area contributed by atoms with Crippen LogP contribution < -0.4 is 5.32 Å². The number of rotatable bonds is 5. The average Bonchev–Trinajstić information content (AvgIpc) is 2.45. The van der Waals surface area contributed by atoms with E-state index in [2.05, 4.69) is 24.1 Å². The normalized spacial score (nSPS) is 20.2. The van der Waals surface area contributed by atoms with Crippen LogP contribution in [-0.4, -0.2) is 11.0 Å². The van der Waals surface area contributed by atoms with Gasteiger partial charge in [0.05, 0.1) is 6.20 Å². The number of nitrogens with one attached hydrogen (secondary N) is 1. The molecule has 2 rings (SSSR count). The van der Waals surface area contributed by atoms with Crippen LogP contribution in [0.4, 0.5) is 4.39 Å². The van der Waals surface area contributed by atoms with Crippen molar-refractivity contribution in [2.75, 3.05) is 0 Å². The van der Waals surface area contributed by atoms with E-state index in [-0.39, 0.29) is 11.9 Å². The van der Waals surface area contributed by atoms with Crippen LogP contribution in [0.2, 0.25) is 0 Å². The first-order chi connectivity index (χ1) is 9.20. The third-order valence-corrected chi connectivity index (χ3v) is 4.35. The van der Waals surface area contributed by atoms with Crippen LogP contribution >= 0.6 is 0 Å². The predicted octanol–water partition coefficient (Wildman–Crippen LogP) is 4.23. The van der Waals surface area contributed by atoms with Gasteiger partial charge >= 0.3 is 0 Å². The lowest BCUT2D eigenvalue weighted by molar-refractivity contribution is 0.249. The molecule has 1 aliphatic rings. The van der Waals surface area contributed by atoms with E-state index < -0.39 is 0 Å². The van der Waals surface area contributed by atoms with Gasteiger partial charge in [-0.2, -0.15) is 0 Å². The molecule has 1 aromatic rings. The van der Waals surface area contributed by atoms with E-state index in [1.165, 1.54) is 38.3 Å². The highest BCUT2D eigenvalue weighted by Gasteiger charge is 2.23. The smallest absolute Gasteiger partial charge is 0.141 e. The summed E-state index contributed by atoms with van der Waals surface area (Å²) in [5.74, 6) is 0.527. The molecule has 0 radical (unpaired) electrons. The van der Waals surface area contributed by atoms with Crippen molar-refractivity contribution in [1.29, 1.82) is 0 Å². The molecule has 1 fully saturated rings. The number of hydrogen-bond donors (Lipinski definition) is 1. The maximum absolute atomic E-state index is 13.2. The number of hydrogen-bond acceptors (Lipinski definition) is 2. The minimum Gasteiger partial charge on any atom is -0.307 e. The zero-order chi connectivity index (χ0) is 13.7. The fraction of sp³-hybridized carbons (Fsp3) is 0.688. The molecular formula is C16H25FN2. The van der Waals surface area contributed by atoms with E-state index >= 15 is 0 Å². The molecule has 1 heterocycles. The molecule has 2 unspecified atom stereocenters. The molecule has 2 atom stereocenters. The Labute approximate surface area is 115 Å². The van der Waals surface area contributed by atoms with Gasteiger partial charge in [-0.25, -0.2) is 4.39 Å². The van der Waals surface area contributed by atoms with Gasteiger partial charge in [-0.05, 0) is 43.7 Å². The fourth-order valence-corrected chi connectivity index (χ4v) is 3.21. The van der Waals surface area contributed by atoms with Gasteiger partial charge in [-0.3, -0.25) is 4.98 Å². The first-order valence-corrected chi connectivity index (χ1v) is 7.57. The van der Waals surface area contributed by atoms with Crippen molar-refractivity contribution in [2.45, 2.75) is 64.5 Å². The van der Waals surface area contributed by atoms with E-state index in [0.29, 0.717) is 6.04 Å². The van der Waals surface area contributed by atoms with Crippen LogP contribution in [0.1, 0.15) is 64.0 Å². The second kappa shape index (κ2) is 6.99. The Morgan fingerprint density at radius 3 is 2.68 bits per heavy atom. The summed E-state index contributed by atoms with van der Waals surface area (Å²) >= 11 is 0. The second-order valence-corrected chi connectivity index (χ2v) is 5.74. The minimum absolute atomic E-state index is 0.162. The van der Waals surface area contributed by atoms with Crippen molar-refractivity contribution in [3.63, 3.8) is 0 Å². The summed E-state index contributed by atoms with van der Waals surface area (Å²) < 4.78 is 13.2. The lowest BCUT2D eigenvalue weighted by atomic mass is 9.82. The Hall–Kier alpha value is -0.960. The Morgan fingerprint density at radius 1 is 1.32 bits per heavy atom. The predicted molar refractivity (Wildman–Crippen MR) is 76.4 cm³/mol. The monoisotopic (exact) mass is 264 g/mol. The molecule has 1 N–H and O–H groups in total. The number of pyridine rings is 1. The van der Waals surface area contributed by atoms with Crippen LogP contribution in [0, 0.1) is 11.7 Å². The van der Waals surface area contributed by atoms with Gasteiger partial charge in [-0.15, -0.1) is 0 Å². The lowest BCUT2D eigenvalue weighted by Crippen LogP contribution is -2.38. The number of halogens is 1. The molecule has 1 aliphatic carbocycles. The minimum atomic E-state index is -0.253. The van der Waals surface area contributed by atoms with Gasteiger partial charge in [0.2, 0.25) is 0 Å². The Morgan fingerprint density at radius 2 is 2.05 bits per heavy atom. The second-order valence-electron chi connectivity index (χ2n) is 5.74. The van der Waals surface area contributed by atoms with Gasteiger partial charge in [0.25, 0.3) is 0 Å². The molecule has 0 amide bonds. The highest BCUT2D eigenvalue weighted by Crippen LogP contribution is 2.29. The molecule has 0 aliphatic heterocycles. The number of aromatic nitrogens is 1. The van der Waals surface area contributed by atoms with Crippen molar-refractivity contribution in [3.8, 4) is 0 Å². The Bertz CT molecular complexity index is 388. The van der Waals surface area contributed by atoms with Crippen LogP contribution in [0.5, 0.6) is 0 Å². The van der Waals surface area contributed by atoms with Gasteiger partial charge in [-0.1, -0.05) is 26.2 Å². The zero-order valence-electron chi connectivity index (χ0n) is 12.0. The highest BCUT2D eigenvalue weighted by molar-refractivity contribution is 5.14. The Balaban J connectivity index is 1.97. The van der Waals surface area contributed by atoms with Crippen molar-refractivity contribution < 1.29 is 4.39 Å². The molecule has 3 heteroatoms. The fourth-order valence-electron chi connectivity index (χ4n) is 3.21. The highest BCUT2D eigenvalue weighted by atomic mass is 19.1. The first-order valence-electron chi connectivity index (χ1n) is 7.57. The summed E-state index contributed by atoms with van der Waals surface area (Å²) in [5, 5.41) is 3.67. The van der Waals surface area contributed by atoms with Crippen LogP contribution in [-0.2, 0) is 0 Å². The standard InChI is InChI=1S/C16H25FN2/c1-3-16(13-7-5-4-6-8-13)19-12(2)14-9-15(17)11-18-10-14/h9-13,16,19H,3-8H2,1-2H3. The number of nitrogens with zero attached hydrogens (tertiary/aromatic N) is 1. The third kappa shape index (κ3) is 4.00. The largest absolute Gasteiger partial charge is 0.307 e. The van der Waals surface area contributed by atoms with E-state index in [4.69, 9.17) is 0 Å². The summed E-state index contributed by atoms with van der Waals surface area (Å²) in [6.45, 7) is 4.34. The first kappa shape index (κ1) is 14.4. The molecule has 1 aromatic heterocycles. The van der Waals surface area contributed by atoms with Gasteiger partial charge in [0, 0.05) is 18.3 Å². The van der Waals surface area contributed by atoms with Crippen molar-refractivity contribution >= 4 is 0 Å². The van der Waals surface area contributed by atoms with E-state index in [9.17, 15) is 4.39 Å². The molecule has 0 bridgehead atoms. The molecule has 0 saturated heterocycles. The molecule has 2 nitrogen and oxygen atoms in total. The van der Waals surface area contributed by atoms with Gasteiger partial charge < -0.3 is 5.32 Å². The molecule has 106 valence electrons. The summed E-state index contributed by atoms with van der Waals surface area (Å²) in [4.78, 5) is 3.94. The zero-order valence-corrected chi connectivity index (χ0v) is 12.0. The maximum Gasteiger partial charge on any atom is 0.141 e. The van der Waals surface area contributed by atoms with Crippen LogP contribution in [0.25, 0.3) is 0 Å². The molecular weight excluding hydrogens is 239 g/mol. The molecule has 19 heavy (non-hydrogen) atoms. The molecule has 1 saturated carbocycles. The van der Waals surface area contributed by atoms with E-state index in [1.807, 2.05) is 0 Å². The average molecular weight is 264 g/mol. The third-order valence-electron chi connectivity index (χ3n) is 4.35. The lowest BCUT2D eigenvalue weighted by Gasteiger charge is -2.32. The topological polar surface area (TPSA) is 24.9 Å². The summed E-state index contributed by atoms with van der Waals surface area (Å²) in [6, 6.07) is 2.28. The summed E-state index contributed by atoms with van der Waals surface area (Å²) in [5.41, 5.74) is 0.939. The van der Waals surface area contributed by atoms with Crippen LogP contribution in [0.3, 0.4) is 0 Å². The van der Waals surface area contributed by atoms with Crippen molar-refractivity contribution in [3.05, 3.63) is 29.8 Å². The van der Waals surface area contributed by atoms with Crippen LogP contribution in [0.15, 0.2) is 18.5 Å². The molecule has 0 aromatic carbocycles. The van der Waals surface area contributed by atoms with E-state index in [0.717, 1.165) is 17.9 Å². The molecule has 0 spiro atoms. The van der Waals surface area contributed by atoms with Crippen molar-refractivity contribution in [2.24, 2.45) is 5.92 Å². The van der Waals surface area contributed by atoms with Crippen molar-refractivity contribution in [1.82, 2.24) is 10.3 Å². The summed E-state index contributed by atoms with van der Waals surface area (Å²) in [6.07, 6.45) is 10.9.